The predicted molar refractivity (Wildman–Crippen MR) is 66.8 cm³/mol. The van der Waals surface area contributed by atoms with Gasteiger partial charge in [0.25, 0.3) is 0 Å². The molecule has 1 aliphatic rings. The predicted octanol–water partition coefficient (Wildman–Crippen LogP) is 3.15. The van der Waals surface area contributed by atoms with Gasteiger partial charge < -0.3 is 10.5 Å². The van der Waals surface area contributed by atoms with E-state index in [1.54, 1.807) is 0 Å². The van der Waals surface area contributed by atoms with E-state index in [-0.39, 0.29) is 6.04 Å². The molecule has 0 spiro atoms. The standard InChI is InChI=1S/C14H20FNO/c1-2-9-17-13-5-3-11(4-6-13)14(15)8-7-12(16)10-14/h3-6,12H,2,7-10,16H2,1H3. The smallest absolute Gasteiger partial charge is 0.137 e. The van der Waals surface area contributed by atoms with E-state index in [0.717, 1.165) is 24.2 Å². The lowest BCUT2D eigenvalue weighted by Crippen LogP contribution is -2.21. The minimum Gasteiger partial charge on any atom is -0.494 e. The third-order valence-electron chi connectivity index (χ3n) is 3.34. The zero-order valence-electron chi connectivity index (χ0n) is 10.3. The SMILES string of the molecule is CCCOc1ccc(C2(F)CCC(N)C2)cc1. The van der Waals surface area contributed by atoms with E-state index in [0.29, 0.717) is 19.4 Å². The van der Waals surface area contributed by atoms with E-state index in [1.807, 2.05) is 24.3 Å². The fraction of sp³-hybridized carbons (Fsp3) is 0.571. The number of alkyl halides is 1. The molecule has 0 aromatic heterocycles. The van der Waals surface area contributed by atoms with Gasteiger partial charge in [0.05, 0.1) is 6.61 Å². The highest BCUT2D eigenvalue weighted by Crippen LogP contribution is 2.42. The number of hydrogen-bond donors (Lipinski definition) is 1. The molecule has 0 heterocycles. The first-order chi connectivity index (χ1) is 8.14. The number of nitrogens with two attached hydrogens (primary N) is 1. The molecule has 0 amide bonds. The van der Waals surface area contributed by atoms with Crippen LogP contribution in [0.2, 0.25) is 0 Å². The third-order valence-corrected chi connectivity index (χ3v) is 3.34. The molecule has 2 atom stereocenters. The number of ether oxygens (including phenoxy) is 1. The van der Waals surface area contributed by atoms with Gasteiger partial charge in [-0.25, -0.2) is 4.39 Å². The molecule has 2 rings (SSSR count). The van der Waals surface area contributed by atoms with Crippen molar-refractivity contribution in [3.63, 3.8) is 0 Å². The van der Waals surface area contributed by atoms with Crippen molar-refractivity contribution in [1.82, 2.24) is 0 Å². The Bertz CT molecular complexity index is 365. The van der Waals surface area contributed by atoms with Crippen molar-refractivity contribution in [2.24, 2.45) is 5.73 Å². The van der Waals surface area contributed by atoms with Gasteiger partial charge in [0.15, 0.2) is 0 Å². The summed E-state index contributed by atoms with van der Waals surface area (Å²) in [4.78, 5) is 0. The molecular weight excluding hydrogens is 217 g/mol. The highest BCUT2D eigenvalue weighted by atomic mass is 19.1. The van der Waals surface area contributed by atoms with Gasteiger partial charge in [0.1, 0.15) is 11.4 Å². The Morgan fingerprint density at radius 2 is 2.12 bits per heavy atom. The normalized spacial score (nSPS) is 28.3. The van der Waals surface area contributed by atoms with Crippen LogP contribution >= 0.6 is 0 Å². The summed E-state index contributed by atoms with van der Waals surface area (Å²) in [6.07, 6.45) is 2.71. The average molecular weight is 237 g/mol. The fourth-order valence-corrected chi connectivity index (χ4v) is 2.37. The average Bonchev–Trinajstić information content (AvgIpc) is 2.68. The Hall–Kier alpha value is -1.09. The zero-order chi connectivity index (χ0) is 12.3. The lowest BCUT2D eigenvalue weighted by atomic mass is 9.94. The number of hydrogen-bond acceptors (Lipinski definition) is 2. The molecule has 0 saturated heterocycles. The molecule has 0 bridgehead atoms. The number of halogens is 1. The second kappa shape index (κ2) is 5.05. The quantitative estimate of drug-likeness (QED) is 0.873. The van der Waals surface area contributed by atoms with E-state index < -0.39 is 5.67 Å². The molecule has 0 aliphatic heterocycles. The van der Waals surface area contributed by atoms with Crippen LogP contribution in [0.5, 0.6) is 5.75 Å². The van der Waals surface area contributed by atoms with Gasteiger partial charge >= 0.3 is 0 Å². The maximum absolute atomic E-state index is 14.6. The molecule has 94 valence electrons. The van der Waals surface area contributed by atoms with Crippen molar-refractivity contribution in [2.45, 2.75) is 44.3 Å². The van der Waals surface area contributed by atoms with Crippen molar-refractivity contribution in [3.05, 3.63) is 29.8 Å². The molecule has 1 aromatic rings. The van der Waals surface area contributed by atoms with Crippen molar-refractivity contribution < 1.29 is 9.13 Å². The minimum absolute atomic E-state index is 0.00369. The van der Waals surface area contributed by atoms with Crippen LogP contribution in [0, 0.1) is 0 Å². The van der Waals surface area contributed by atoms with Crippen LogP contribution in [-0.4, -0.2) is 12.6 Å². The van der Waals surface area contributed by atoms with E-state index in [2.05, 4.69) is 6.92 Å². The molecule has 0 radical (unpaired) electrons. The zero-order valence-corrected chi connectivity index (χ0v) is 10.3. The highest BCUT2D eigenvalue weighted by molar-refractivity contribution is 5.31. The van der Waals surface area contributed by atoms with Gasteiger partial charge in [-0.2, -0.15) is 0 Å². The lowest BCUT2D eigenvalue weighted by Gasteiger charge is -2.20. The van der Waals surface area contributed by atoms with Crippen LogP contribution < -0.4 is 10.5 Å². The highest BCUT2D eigenvalue weighted by Gasteiger charge is 2.39. The van der Waals surface area contributed by atoms with Crippen molar-refractivity contribution >= 4 is 0 Å². The molecule has 1 saturated carbocycles. The summed E-state index contributed by atoms with van der Waals surface area (Å²) < 4.78 is 20.0. The molecule has 1 aliphatic carbocycles. The summed E-state index contributed by atoms with van der Waals surface area (Å²) >= 11 is 0. The molecule has 17 heavy (non-hydrogen) atoms. The van der Waals surface area contributed by atoms with E-state index in [1.165, 1.54) is 0 Å². The van der Waals surface area contributed by atoms with Gasteiger partial charge in [-0.3, -0.25) is 0 Å². The summed E-state index contributed by atoms with van der Waals surface area (Å²) in [6, 6.07) is 7.33. The monoisotopic (exact) mass is 237 g/mol. The first-order valence-electron chi connectivity index (χ1n) is 6.32. The topological polar surface area (TPSA) is 35.2 Å². The largest absolute Gasteiger partial charge is 0.494 e. The first-order valence-corrected chi connectivity index (χ1v) is 6.32. The van der Waals surface area contributed by atoms with Crippen molar-refractivity contribution in [3.8, 4) is 5.75 Å². The Labute approximate surface area is 102 Å². The van der Waals surface area contributed by atoms with Crippen molar-refractivity contribution in [2.75, 3.05) is 6.61 Å². The molecule has 3 heteroatoms. The lowest BCUT2D eigenvalue weighted by molar-refractivity contribution is 0.172. The maximum atomic E-state index is 14.6. The number of benzene rings is 1. The second-order valence-electron chi connectivity index (χ2n) is 4.84. The van der Waals surface area contributed by atoms with Crippen LogP contribution in [-0.2, 0) is 5.67 Å². The van der Waals surface area contributed by atoms with Gasteiger partial charge in [0, 0.05) is 12.5 Å². The summed E-state index contributed by atoms with van der Waals surface area (Å²) in [5.74, 6) is 0.807. The Kier molecular flexibility index (Phi) is 3.67. The van der Waals surface area contributed by atoms with Crippen LogP contribution in [0.4, 0.5) is 4.39 Å². The number of rotatable bonds is 4. The summed E-state index contributed by atoms with van der Waals surface area (Å²) in [6.45, 7) is 2.76. The Balaban J connectivity index is 2.07. The Morgan fingerprint density at radius 1 is 1.41 bits per heavy atom. The fourth-order valence-electron chi connectivity index (χ4n) is 2.37. The summed E-state index contributed by atoms with van der Waals surface area (Å²) in [5, 5.41) is 0. The molecule has 2 unspecified atom stereocenters. The molecule has 2 nitrogen and oxygen atoms in total. The maximum Gasteiger partial charge on any atom is 0.137 e. The van der Waals surface area contributed by atoms with E-state index in [4.69, 9.17) is 10.5 Å². The summed E-state index contributed by atoms with van der Waals surface area (Å²) in [7, 11) is 0. The molecule has 2 N–H and O–H groups in total. The Morgan fingerprint density at radius 3 is 2.65 bits per heavy atom. The van der Waals surface area contributed by atoms with E-state index in [9.17, 15) is 4.39 Å². The van der Waals surface area contributed by atoms with Gasteiger partial charge in [0.2, 0.25) is 0 Å². The van der Waals surface area contributed by atoms with Crippen LogP contribution in [0.25, 0.3) is 0 Å². The summed E-state index contributed by atoms with van der Waals surface area (Å²) in [5.41, 5.74) is 5.28. The van der Waals surface area contributed by atoms with Crippen molar-refractivity contribution in [1.29, 1.82) is 0 Å². The van der Waals surface area contributed by atoms with Crippen LogP contribution in [0.3, 0.4) is 0 Å². The molecule has 1 fully saturated rings. The van der Waals surface area contributed by atoms with Gasteiger partial charge in [-0.05, 0) is 37.0 Å². The minimum atomic E-state index is -1.23. The second-order valence-corrected chi connectivity index (χ2v) is 4.84. The first kappa shape index (κ1) is 12.4. The van der Waals surface area contributed by atoms with Crippen LogP contribution in [0.1, 0.15) is 38.2 Å². The molecule has 1 aromatic carbocycles. The third kappa shape index (κ3) is 2.78. The van der Waals surface area contributed by atoms with Crippen LogP contribution in [0.15, 0.2) is 24.3 Å². The van der Waals surface area contributed by atoms with E-state index >= 15 is 0 Å². The van der Waals surface area contributed by atoms with Gasteiger partial charge in [-0.1, -0.05) is 19.1 Å². The molecular formula is C14H20FNO. The van der Waals surface area contributed by atoms with Gasteiger partial charge in [-0.15, -0.1) is 0 Å².